The average molecular weight is 359 g/mol. The van der Waals surface area contributed by atoms with Crippen molar-refractivity contribution in [2.75, 3.05) is 13.6 Å². The zero-order valence-electron chi connectivity index (χ0n) is 16.3. The highest BCUT2D eigenvalue weighted by atomic mass is 19.1. The van der Waals surface area contributed by atoms with Gasteiger partial charge in [-0.25, -0.2) is 4.39 Å². The predicted octanol–water partition coefficient (Wildman–Crippen LogP) is 3.85. The minimum Gasteiger partial charge on any atom is -0.340 e. The summed E-state index contributed by atoms with van der Waals surface area (Å²) >= 11 is 0. The van der Waals surface area contributed by atoms with E-state index in [4.69, 9.17) is 5.26 Å². The molecule has 0 spiro atoms. The molecule has 5 heteroatoms. The first-order chi connectivity index (χ1) is 12.2. The monoisotopic (exact) mass is 359 g/mol. The lowest BCUT2D eigenvalue weighted by Crippen LogP contribution is -2.47. The fourth-order valence-corrected chi connectivity index (χ4v) is 3.87. The molecule has 1 amide bonds. The number of benzene rings is 1. The average Bonchev–Trinajstić information content (AvgIpc) is 2.60. The molecule has 0 aromatic heterocycles. The largest absolute Gasteiger partial charge is 0.340 e. The molecule has 0 bridgehead atoms. The van der Waals surface area contributed by atoms with Gasteiger partial charge in [-0.1, -0.05) is 33.6 Å². The first-order valence-electron chi connectivity index (χ1n) is 9.38. The third kappa shape index (κ3) is 5.28. The van der Waals surface area contributed by atoms with E-state index in [1.165, 1.54) is 42.4 Å². The summed E-state index contributed by atoms with van der Waals surface area (Å²) in [5, 5.41) is 12.4. The van der Waals surface area contributed by atoms with Crippen LogP contribution in [0.3, 0.4) is 0 Å². The lowest BCUT2D eigenvalue weighted by atomic mass is 9.69. The molecule has 1 aromatic rings. The summed E-state index contributed by atoms with van der Waals surface area (Å²) in [5.41, 5.74) is 0.981. The van der Waals surface area contributed by atoms with Gasteiger partial charge in [0.05, 0.1) is 18.2 Å². The molecule has 2 unspecified atom stereocenters. The lowest BCUT2D eigenvalue weighted by molar-refractivity contribution is -0.129. The Hall–Kier alpha value is -1.93. The Morgan fingerprint density at radius 1 is 1.35 bits per heavy atom. The smallest absolute Gasteiger partial charge is 0.236 e. The van der Waals surface area contributed by atoms with Crippen molar-refractivity contribution < 1.29 is 9.18 Å². The van der Waals surface area contributed by atoms with E-state index in [9.17, 15) is 9.18 Å². The van der Waals surface area contributed by atoms with E-state index in [1.807, 2.05) is 6.07 Å². The van der Waals surface area contributed by atoms with Gasteiger partial charge in [0, 0.05) is 25.2 Å². The molecule has 1 saturated carbocycles. The maximum Gasteiger partial charge on any atom is 0.236 e. The summed E-state index contributed by atoms with van der Waals surface area (Å²) in [6.07, 6.45) is 4.73. The highest BCUT2D eigenvalue weighted by Crippen LogP contribution is 2.37. The first-order valence-corrected chi connectivity index (χ1v) is 9.38. The Balaban J connectivity index is 1.94. The molecule has 4 nitrogen and oxygen atoms in total. The highest BCUT2D eigenvalue weighted by Gasteiger charge is 2.34. The van der Waals surface area contributed by atoms with Crippen molar-refractivity contribution in [3.63, 3.8) is 0 Å². The van der Waals surface area contributed by atoms with Crippen LogP contribution in [0, 0.1) is 28.5 Å². The van der Waals surface area contributed by atoms with E-state index in [0.29, 0.717) is 23.1 Å². The molecule has 1 aromatic carbocycles. The standard InChI is InChI=1S/C21H30FN3O/c1-21(2,3)17-7-5-6-8-19(17)24-13-20(26)25(4)14-16-11-15(12-23)9-10-18(16)22/h9-11,17,19,24H,5-8,13-14H2,1-4H3. The lowest BCUT2D eigenvalue weighted by Gasteiger charge is -2.41. The highest BCUT2D eigenvalue weighted by molar-refractivity contribution is 5.78. The molecule has 1 N–H and O–H groups in total. The van der Waals surface area contributed by atoms with E-state index < -0.39 is 5.82 Å². The van der Waals surface area contributed by atoms with Gasteiger partial charge in [0.15, 0.2) is 0 Å². The van der Waals surface area contributed by atoms with Crippen molar-refractivity contribution in [2.24, 2.45) is 11.3 Å². The molecule has 1 fully saturated rings. The molecule has 0 aliphatic heterocycles. The Morgan fingerprint density at radius 3 is 2.69 bits per heavy atom. The van der Waals surface area contributed by atoms with Gasteiger partial charge in [-0.3, -0.25) is 4.79 Å². The molecule has 0 radical (unpaired) electrons. The van der Waals surface area contributed by atoms with E-state index in [-0.39, 0.29) is 24.4 Å². The van der Waals surface area contributed by atoms with Gasteiger partial charge < -0.3 is 10.2 Å². The molecular weight excluding hydrogens is 329 g/mol. The number of hydrogen-bond donors (Lipinski definition) is 1. The van der Waals surface area contributed by atoms with E-state index in [1.54, 1.807) is 7.05 Å². The van der Waals surface area contributed by atoms with Crippen LogP contribution < -0.4 is 5.32 Å². The minimum absolute atomic E-state index is 0.0648. The van der Waals surface area contributed by atoms with E-state index >= 15 is 0 Å². The van der Waals surface area contributed by atoms with Crippen LogP contribution in [-0.2, 0) is 11.3 Å². The zero-order chi connectivity index (χ0) is 19.3. The molecule has 26 heavy (non-hydrogen) atoms. The fraction of sp³-hybridized carbons (Fsp3) is 0.619. The molecule has 2 rings (SSSR count). The van der Waals surface area contributed by atoms with Crippen LogP contribution in [-0.4, -0.2) is 30.4 Å². The van der Waals surface area contributed by atoms with Gasteiger partial charge in [0.1, 0.15) is 5.82 Å². The van der Waals surface area contributed by atoms with Crippen molar-refractivity contribution in [1.82, 2.24) is 10.2 Å². The number of hydrogen-bond acceptors (Lipinski definition) is 3. The second-order valence-electron chi connectivity index (χ2n) is 8.41. The number of nitrogens with one attached hydrogen (secondary N) is 1. The van der Waals surface area contributed by atoms with Crippen LogP contribution in [0.1, 0.15) is 57.6 Å². The van der Waals surface area contributed by atoms with Crippen molar-refractivity contribution in [2.45, 2.75) is 59.0 Å². The maximum atomic E-state index is 13.9. The normalized spacial score (nSPS) is 20.5. The fourth-order valence-electron chi connectivity index (χ4n) is 3.87. The third-order valence-corrected chi connectivity index (χ3v) is 5.40. The molecule has 0 heterocycles. The quantitative estimate of drug-likeness (QED) is 0.869. The van der Waals surface area contributed by atoms with Crippen LogP contribution >= 0.6 is 0 Å². The van der Waals surface area contributed by atoms with Crippen molar-refractivity contribution >= 4 is 5.91 Å². The Labute approximate surface area is 156 Å². The van der Waals surface area contributed by atoms with Gasteiger partial charge in [0.25, 0.3) is 0 Å². The summed E-state index contributed by atoms with van der Waals surface area (Å²) < 4.78 is 13.9. The summed E-state index contributed by atoms with van der Waals surface area (Å²) in [6, 6.07) is 6.57. The maximum absolute atomic E-state index is 13.9. The molecule has 2 atom stereocenters. The SMILES string of the molecule is CN(Cc1cc(C#N)ccc1F)C(=O)CNC1CCCCC1C(C)(C)C. The Kier molecular flexibility index (Phi) is 6.77. The number of nitriles is 1. The number of likely N-dealkylation sites (N-methyl/N-ethyl adjacent to an activating group) is 1. The Bertz CT molecular complexity index is 675. The van der Waals surface area contributed by atoms with Gasteiger partial charge in [-0.15, -0.1) is 0 Å². The third-order valence-electron chi connectivity index (χ3n) is 5.40. The number of amides is 1. The van der Waals surface area contributed by atoms with Crippen LogP contribution in [0.2, 0.25) is 0 Å². The van der Waals surface area contributed by atoms with Crippen LogP contribution in [0.5, 0.6) is 0 Å². The van der Waals surface area contributed by atoms with Crippen LogP contribution in [0.4, 0.5) is 4.39 Å². The number of carbonyl (C=O) groups excluding carboxylic acids is 1. The van der Waals surface area contributed by atoms with Gasteiger partial charge in [0.2, 0.25) is 5.91 Å². The van der Waals surface area contributed by atoms with Crippen molar-refractivity contribution in [1.29, 1.82) is 5.26 Å². The summed E-state index contributed by atoms with van der Waals surface area (Å²) in [4.78, 5) is 14.0. The first kappa shape index (κ1) is 20.4. The van der Waals surface area contributed by atoms with E-state index in [0.717, 1.165) is 6.42 Å². The van der Waals surface area contributed by atoms with Crippen molar-refractivity contribution in [3.8, 4) is 6.07 Å². The zero-order valence-corrected chi connectivity index (χ0v) is 16.3. The van der Waals surface area contributed by atoms with Gasteiger partial charge in [-0.05, 0) is 42.4 Å². The van der Waals surface area contributed by atoms with E-state index in [2.05, 4.69) is 26.1 Å². The van der Waals surface area contributed by atoms with Gasteiger partial charge >= 0.3 is 0 Å². The molecular formula is C21H30FN3O. The number of nitrogens with zero attached hydrogens (tertiary/aromatic N) is 2. The predicted molar refractivity (Wildman–Crippen MR) is 101 cm³/mol. The summed E-state index contributed by atoms with van der Waals surface area (Å²) in [6.45, 7) is 7.20. The summed E-state index contributed by atoms with van der Waals surface area (Å²) in [7, 11) is 1.67. The number of halogens is 1. The molecule has 1 aliphatic rings. The molecule has 0 saturated heterocycles. The molecule has 142 valence electrons. The van der Waals surface area contributed by atoms with Crippen LogP contribution in [0.15, 0.2) is 18.2 Å². The minimum atomic E-state index is -0.392. The number of carbonyl (C=O) groups is 1. The Morgan fingerprint density at radius 2 is 2.04 bits per heavy atom. The van der Waals surface area contributed by atoms with Crippen molar-refractivity contribution in [3.05, 3.63) is 35.1 Å². The van der Waals surface area contributed by atoms with Gasteiger partial charge in [-0.2, -0.15) is 5.26 Å². The van der Waals surface area contributed by atoms with Crippen LogP contribution in [0.25, 0.3) is 0 Å². The topological polar surface area (TPSA) is 56.1 Å². The second-order valence-corrected chi connectivity index (χ2v) is 8.41. The summed E-state index contributed by atoms with van der Waals surface area (Å²) in [5.74, 6) is 0.0980. The number of rotatable bonds is 5. The molecule has 1 aliphatic carbocycles. The second kappa shape index (κ2) is 8.64.